The predicted molar refractivity (Wildman–Crippen MR) is 146 cm³/mol. The number of hydrogen-bond acceptors (Lipinski definition) is 4. The molecule has 2 N–H and O–H groups in total. The highest BCUT2D eigenvalue weighted by Gasteiger charge is 2.32. The highest BCUT2D eigenvalue weighted by molar-refractivity contribution is 5.90. The molecule has 0 aromatic heterocycles. The van der Waals surface area contributed by atoms with Crippen LogP contribution < -0.4 is 10.6 Å². The van der Waals surface area contributed by atoms with E-state index in [1.165, 1.54) is 19.3 Å². The summed E-state index contributed by atoms with van der Waals surface area (Å²) in [7, 11) is 0. The molecule has 0 aliphatic heterocycles. The summed E-state index contributed by atoms with van der Waals surface area (Å²) in [6.07, 6.45) is 7.58. The van der Waals surface area contributed by atoms with Gasteiger partial charge in [0.1, 0.15) is 18.2 Å². The molecule has 1 rings (SSSR count). The average Bonchev–Trinajstić information content (AvgIpc) is 2.77. The third kappa shape index (κ3) is 12.4. The zero-order valence-electron chi connectivity index (χ0n) is 23.6. The highest BCUT2D eigenvalue weighted by Crippen LogP contribution is 2.24. The van der Waals surface area contributed by atoms with Crippen LogP contribution in [0.2, 0.25) is 0 Å². The van der Waals surface area contributed by atoms with Gasteiger partial charge in [-0.2, -0.15) is 0 Å². The second kappa shape index (κ2) is 16.2. The van der Waals surface area contributed by atoms with Crippen molar-refractivity contribution in [3.8, 4) is 0 Å². The number of nitrogens with zero attached hydrogens (tertiary/aromatic N) is 1. The van der Waals surface area contributed by atoms with E-state index >= 15 is 0 Å². The van der Waals surface area contributed by atoms with Gasteiger partial charge in [-0.1, -0.05) is 82.2 Å². The number of ether oxygens (including phenoxy) is 1. The van der Waals surface area contributed by atoms with Crippen LogP contribution in [-0.2, 0) is 14.3 Å². The molecule has 0 bridgehead atoms. The minimum absolute atomic E-state index is 0.000642. The maximum Gasteiger partial charge on any atom is 0.408 e. The van der Waals surface area contributed by atoms with Crippen molar-refractivity contribution in [3.05, 3.63) is 35.4 Å². The van der Waals surface area contributed by atoms with Crippen LogP contribution in [0.15, 0.2) is 24.3 Å². The molecule has 7 heteroatoms. The van der Waals surface area contributed by atoms with Crippen molar-refractivity contribution in [2.45, 2.75) is 118 Å². The molecule has 0 aliphatic carbocycles. The molecule has 2 atom stereocenters. The Hall–Kier alpha value is -2.57. The molecule has 0 heterocycles. The fourth-order valence-electron chi connectivity index (χ4n) is 4.16. The Bertz CT molecular complexity index is 819. The molecule has 36 heavy (non-hydrogen) atoms. The Balaban J connectivity index is 3.16. The average molecular weight is 504 g/mol. The summed E-state index contributed by atoms with van der Waals surface area (Å²) in [5.74, 6) is -0.502. The molecule has 0 radical (unpaired) electrons. The van der Waals surface area contributed by atoms with E-state index in [0.717, 1.165) is 43.2 Å². The lowest BCUT2D eigenvalue weighted by Crippen LogP contribution is -2.49. The van der Waals surface area contributed by atoms with E-state index in [0.29, 0.717) is 6.54 Å². The van der Waals surface area contributed by atoms with Gasteiger partial charge in [-0.15, -0.1) is 0 Å². The number of carbonyl (C=O) groups excluding carboxylic acids is 3. The third-order valence-electron chi connectivity index (χ3n) is 5.88. The van der Waals surface area contributed by atoms with Gasteiger partial charge in [-0.3, -0.25) is 9.59 Å². The van der Waals surface area contributed by atoms with Gasteiger partial charge in [0, 0.05) is 12.6 Å². The standard InChI is InChI=1S/C29H49N3O4/c1-8-10-11-12-13-14-19-32(25(33)21-30-28(35)36-29(5,6)7)26(24-18-15-17-22(3)20-24)27(34)31-23(4)16-9-2/h15,17-18,20,23,26H,8-14,16,19,21H2,1-7H3,(H,30,35)(H,31,34). The fraction of sp³-hybridized carbons (Fsp3) is 0.690. The summed E-state index contributed by atoms with van der Waals surface area (Å²) >= 11 is 0. The predicted octanol–water partition coefficient (Wildman–Crippen LogP) is 6.05. The molecule has 0 spiro atoms. The molecule has 0 aliphatic rings. The fourth-order valence-corrected chi connectivity index (χ4v) is 4.16. The van der Waals surface area contributed by atoms with Crippen molar-refractivity contribution in [2.24, 2.45) is 0 Å². The smallest absolute Gasteiger partial charge is 0.408 e. The van der Waals surface area contributed by atoms with E-state index in [2.05, 4.69) is 24.5 Å². The molecule has 0 saturated heterocycles. The first kappa shape index (κ1) is 31.5. The summed E-state index contributed by atoms with van der Waals surface area (Å²) in [4.78, 5) is 40.9. The van der Waals surface area contributed by atoms with Gasteiger partial charge >= 0.3 is 6.09 Å². The first-order valence-electron chi connectivity index (χ1n) is 13.6. The van der Waals surface area contributed by atoms with Crippen LogP contribution in [0.5, 0.6) is 0 Å². The lowest BCUT2D eigenvalue weighted by Gasteiger charge is -2.33. The maximum absolute atomic E-state index is 13.6. The first-order valence-corrected chi connectivity index (χ1v) is 13.6. The summed E-state index contributed by atoms with van der Waals surface area (Å²) in [6.45, 7) is 13.7. The topological polar surface area (TPSA) is 87.7 Å². The molecule has 7 nitrogen and oxygen atoms in total. The number of rotatable bonds is 15. The molecule has 204 valence electrons. The normalized spacial score (nSPS) is 13.0. The maximum atomic E-state index is 13.6. The lowest BCUT2D eigenvalue weighted by atomic mass is 10.0. The summed E-state index contributed by atoms with van der Waals surface area (Å²) in [5, 5.41) is 5.68. The Morgan fingerprint density at radius 3 is 2.28 bits per heavy atom. The lowest BCUT2D eigenvalue weighted by molar-refractivity contribution is -0.140. The molecular weight excluding hydrogens is 454 g/mol. The van der Waals surface area contributed by atoms with Gasteiger partial charge in [-0.25, -0.2) is 4.79 Å². The van der Waals surface area contributed by atoms with Gasteiger partial charge in [0.05, 0.1) is 0 Å². The van der Waals surface area contributed by atoms with Crippen molar-refractivity contribution in [1.29, 1.82) is 0 Å². The quantitative estimate of drug-likeness (QED) is 0.285. The van der Waals surface area contributed by atoms with E-state index in [-0.39, 0.29) is 24.4 Å². The van der Waals surface area contributed by atoms with E-state index < -0.39 is 17.7 Å². The first-order chi connectivity index (χ1) is 17.0. The SMILES string of the molecule is CCCCCCCCN(C(=O)CNC(=O)OC(C)(C)C)C(C(=O)NC(C)CCC)c1cccc(C)c1. The van der Waals surface area contributed by atoms with E-state index in [1.54, 1.807) is 25.7 Å². The van der Waals surface area contributed by atoms with Crippen LogP contribution in [0, 0.1) is 6.92 Å². The van der Waals surface area contributed by atoms with Gasteiger partial charge in [-0.05, 0) is 53.0 Å². The van der Waals surface area contributed by atoms with Crippen LogP contribution in [0.25, 0.3) is 0 Å². The zero-order valence-corrected chi connectivity index (χ0v) is 23.6. The van der Waals surface area contributed by atoms with Crippen molar-refractivity contribution in [1.82, 2.24) is 15.5 Å². The monoisotopic (exact) mass is 503 g/mol. The molecular formula is C29H49N3O4. The summed E-state index contributed by atoms with van der Waals surface area (Å²) in [6, 6.07) is 6.96. The Kier molecular flexibility index (Phi) is 14.2. The second-order valence-electron chi connectivity index (χ2n) is 10.7. The Labute approximate surface area is 218 Å². The van der Waals surface area contributed by atoms with Crippen LogP contribution in [-0.4, -0.2) is 47.5 Å². The van der Waals surface area contributed by atoms with Gasteiger partial charge in [0.25, 0.3) is 0 Å². The Morgan fingerprint density at radius 1 is 1.00 bits per heavy atom. The molecule has 2 unspecified atom stereocenters. The number of carbonyl (C=O) groups is 3. The van der Waals surface area contributed by atoms with Gasteiger partial charge in [0.15, 0.2) is 0 Å². The minimum Gasteiger partial charge on any atom is -0.444 e. The van der Waals surface area contributed by atoms with Crippen molar-refractivity contribution >= 4 is 17.9 Å². The number of alkyl carbamates (subject to hydrolysis) is 1. The van der Waals surface area contributed by atoms with Crippen molar-refractivity contribution < 1.29 is 19.1 Å². The van der Waals surface area contributed by atoms with E-state index in [4.69, 9.17) is 4.74 Å². The van der Waals surface area contributed by atoms with Crippen molar-refractivity contribution in [2.75, 3.05) is 13.1 Å². The summed E-state index contributed by atoms with van der Waals surface area (Å²) in [5.41, 5.74) is 1.13. The highest BCUT2D eigenvalue weighted by atomic mass is 16.6. The third-order valence-corrected chi connectivity index (χ3v) is 5.88. The molecule has 3 amide bonds. The number of nitrogens with one attached hydrogen (secondary N) is 2. The molecule has 1 aromatic carbocycles. The molecule has 1 aromatic rings. The number of hydrogen-bond donors (Lipinski definition) is 2. The van der Waals surface area contributed by atoms with Crippen LogP contribution in [0.4, 0.5) is 4.79 Å². The second-order valence-corrected chi connectivity index (χ2v) is 10.7. The van der Waals surface area contributed by atoms with Crippen molar-refractivity contribution in [3.63, 3.8) is 0 Å². The molecule has 0 saturated carbocycles. The Morgan fingerprint density at radius 2 is 1.67 bits per heavy atom. The number of amides is 3. The van der Waals surface area contributed by atoms with E-state index in [1.807, 2.05) is 38.1 Å². The minimum atomic E-state index is -0.771. The zero-order chi connectivity index (χ0) is 27.1. The van der Waals surface area contributed by atoms with E-state index in [9.17, 15) is 14.4 Å². The van der Waals surface area contributed by atoms with Crippen LogP contribution >= 0.6 is 0 Å². The van der Waals surface area contributed by atoms with Gasteiger partial charge < -0.3 is 20.3 Å². The molecule has 0 fully saturated rings. The largest absolute Gasteiger partial charge is 0.444 e. The number of aryl methyl sites for hydroxylation is 1. The van der Waals surface area contributed by atoms with Gasteiger partial charge in [0.2, 0.25) is 11.8 Å². The number of unbranched alkanes of at least 4 members (excludes halogenated alkanes) is 5. The number of benzene rings is 1. The van der Waals surface area contributed by atoms with Crippen LogP contribution in [0.3, 0.4) is 0 Å². The summed E-state index contributed by atoms with van der Waals surface area (Å²) < 4.78 is 5.29. The van der Waals surface area contributed by atoms with Crippen LogP contribution in [0.1, 0.15) is 110 Å².